The lowest BCUT2D eigenvalue weighted by atomic mass is 10.1. The molecule has 1 fully saturated rings. The number of ether oxygens (including phenoxy) is 3. The van der Waals surface area contributed by atoms with Crippen LogP contribution in [0, 0.1) is 5.82 Å². The van der Waals surface area contributed by atoms with Crippen LogP contribution in [0.4, 0.5) is 4.39 Å². The minimum Gasteiger partial charge on any atom is -0.489 e. The van der Waals surface area contributed by atoms with Crippen LogP contribution in [-0.4, -0.2) is 24.1 Å². The number of halogens is 1. The van der Waals surface area contributed by atoms with Crippen molar-refractivity contribution in [1.29, 1.82) is 0 Å². The van der Waals surface area contributed by atoms with Crippen molar-refractivity contribution < 1.29 is 18.6 Å². The molecule has 3 aromatic rings. The summed E-state index contributed by atoms with van der Waals surface area (Å²) in [5, 5.41) is 0. The molecule has 31 heavy (non-hydrogen) atoms. The molecule has 4 rings (SSSR count). The molecule has 1 aliphatic rings. The predicted molar refractivity (Wildman–Crippen MR) is 116 cm³/mol. The van der Waals surface area contributed by atoms with E-state index in [9.17, 15) is 9.18 Å². The lowest BCUT2D eigenvalue weighted by Gasteiger charge is -2.22. The smallest absolute Gasteiger partial charge is 0.258 e. The van der Waals surface area contributed by atoms with Gasteiger partial charge in [-0.1, -0.05) is 24.3 Å². The Hall–Kier alpha value is -2.96. The molecule has 2 aromatic carbocycles. The van der Waals surface area contributed by atoms with Crippen LogP contribution in [0.1, 0.15) is 30.4 Å². The van der Waals surface area contributed by atoms with Gasteiger partial charge in [0.15, 0.2) is 6.29 Å². The Labute approximate surface area is 181 Å². The van der Waals surface area contributed by atoms with Crippen molar-refractivity contribution >= 4 is 0 Å². The highest BCUT2D eigenvalue weighted by atomic mass is 19.1. The maximum Gasteiger partial charge on any atom is 0.258 e. The molecule has 1 unspecified atom stereocenters. The van der Waals surface area contributed by atoms with Crippen molar-refractivity contribution in [2.45, 2.75) is 38.6 Å². The fourth-order valence-corrected chi connectivity index (χ4v) is 3.49. The van der Waals surface area contributed by atoms with Crippen LogP contribution < -0.4 is 10.3 Å². The van der Waals surface area contributed by atoms with Gasteiger partial charge in [0, 0.05) is 24.6 Å². The van der Waals surface area contributed by atoms with Gasteiger partial charge in [0.2, 0.25) is 0 Å². The normalized spacial score (nSPS) is 16.2. The molecule has 0 spiro atoms. The molecule has 1 aliphatic heterocycles. The molecule has 1 saturated heterocycles. The summed E-state index contributed by atoms with van der Waals surface area (Å²) in [4.78, 5) is 12.5. The van der Waals surface area contributed by atoms with Gasteiger partial charge in [0.1, 0.15) is 18.2 Å². The predicted octanol–water partition coefficient (Wildman–Crippen LogP) is 4.64. The highest BCUT2D eigenvalue weighted by molar-refractivity contribution is 5.36. The first-order valence-electron chi connectivity index (χ1n) is 10.6. The molecule has 6 heteroatoms. The van der Waals surface area contributed by atoms with E-state index >= 15 is 0 Å². The Morgan fingerprint density at radius 2 is 1.77 bits per heavy atom. The van der Waals surface area contributed by atoms with Crippen LogP contribution in [-0.2, 0) is 22.5 Å². The highest BCUT2D eigenvalue weighted by Crippen LogP contribution is 2.16. The van der Waals surface area contributed by atoms with E-state index < -0.39 is 0 Å². The van der Waals surface area contributed by atoms with Gasteiger partial charge in [0.05, 0.1) is 6.61 Å². The fraction of sp³-hybridized carbons (Fsp3) is 0.320. The van der Waals surface area contributed by atoms with Gasteiger partial charge in [-0.3, -0.25) is 9.36 Å². The van der Waals surface area contributed by atoms with Crippen molar-refractivity contribution in [1.82, 2.24) is 4.57 Å². The first-order valence-corrected chi connectivity index (χ1v) is 10.6. The van der Waals surface area contributed by atoms with E-state index in [0.29, 0.717) is 12.4 Å². The summed E-state index contributed by atoms with van der Waals surface area (Å²) in [5.41, 5.74) is 2.59. The van der Waals surface area contributed by atoms with Gasteiger partial charge < -0.3 is 14.2 Å². The Morgan fingerprint density at radius 3 is 2.48 bits per heavy atom. The first-order chi connectivity index (χ1) is 15.2. The minimum atomic E-state index is -0.289. The zero-order chi connectivity index (χ0) is 21.5. The van der Waals surface area contributed by atoms with Crippen molar-refractivity contribution in [3.05, 3.63) is 94.2 Å². The molecule has 0 amide bonds. The van der Waals surface area contributed by atoms with Crippen LogP contribution in [0.2, 0.25) is 0 Å². The summed E-state index contributed by atoms with van der Waals surface area (Å²) in [5.74, 6) is 0.187. The average molecular weight is 423 g/mol. The number of rotatable bonds is 8. The van der Waals surface area contributed by atoms with Gasteiger partial charge in [-0.2, -0.15) is 0 Å². The number of hydrogen-bond donors (Lipinski definition) is 0. The van der Waals surface area contributed by atoms with Gasteiger partial charge in [-0.25, -0.2) is 4.39 Å². The Kier molecular flexibility index (Phi) is 7.12. The van der Waals surface area contributed by atoms with E-state index in [-0.39, 0.29) is 24.3 Å². The van der Waals surface area contributed by atoms with Crippen molar-refractivity contribution in [3.63, 3.8) is 0 Å². The molecular formula is C25H26FNO4. The molecule has 1 atom stereocenters. The maximum absolute atomic E-state index is 13.0. The van der Waals surface area contributed by atoms with Crippen molar-refractivity contribution in [3.8, 4) is 11.4 Å². The van der Waals surface area contributed by atoms with Crippen LogP contribution in [0.15, 0.2) is 71.7 Å². The molecule has 0 bridgehead atoms. The summed E-state index contributed by atoms with van der Waals surface area (Å²) in [6, 6.07) is 17.1. The SMILES string of the molecule is O=c1cc(OCc2ccc(F)cc2)ccn1-c1ccc(CCOC2CCCCO2)cc1. The third kappa shape index (κ3) is 6.03. The van der Waals surface area contributed by atoms with E-state index in [1.165, 1.54) is 18.2 Å². The second kappa shape index (κ2) is 10.4. The molecule has 0 saturated carbocycles. The van der Waals surface area contributed by atoms with E-state index in [4.69, 9.17) is 14.2 Å². The van der Waals surface area contributed by atoms with Crippen LogP contribution >= 0.6 is 0 Å². The van der Waals surface area contributed by atoms with Gasteiger partial charge in [-0.05, 0) is 67.1 Å². The molecule has 0 radical (unpaired) electrons. The lowest BCUT2D eigenvalue weighted by Crippen LogP contribution is -2.23. The quantitative estimate of drug-likeness (QED) is 0.530. The first kappa shape index (κ1) is 21.3. The molecule has 0 N–H and O–H groups in total. The lowest BCUT2D eigenvalue weighted by molar-refractivity contribution is -0.161. The highest BCUT2D eigenvalue weighted by Gasteiger charge is 2.13. The third-order valence-electron chi connectivity index (χ3n) is 5.26. The van der Waals surface area contributed by atoms with E-state index in [0.717, 1.165) is 49.1 Å². The Bertz CT molecular complexity index is 1020. The summed E-state index contributed by atoms with van der Waals surface area (Å²) < 4.78 is 31.6. The van der Waals surface area contributed by atoms with E-state index in [1.807, 2.05) is 24.3 Å². The number of aromatic nitrogens is 1. The average Bonchev–Trinajstić information content (AvgIpc) is 2.80. The fourth-order valence-electron chi connectivity index (χ4n) is 3.49. The zero-order valence-electron chi connectivity index (χ0n) is 17.3. The second-order valence-electron chi connectivity index (χ2n) is 7.57. The Balaban J connectivity index is 1.32. The topological polar surface area (TPSA) is 49.7 Å². The van der Waals surface area contributed by atoms with Crippen LogP contribution in [0.25, 0.3) is 5.69 Å². The largest absolute Gasteiger partial charge is 0.489 e. The standard InChI is InChI=1S/C25H26FNO4/c26-21-8-4-20(5-9-21)18-31-23-12-14-27(24(28)17-23)22-10-6-19(7-11-22)13-16-30-25-3-1-2-15-29-25/h4-12,14,17,25H,1-3,13,15-16,18H2. The molecule has 2 heterocycles. The van der Waals surface area contributed by atoms with Gasteiger partial charge >= 0.3 is 0 Å². The van der Waals surface area contributed by atoms with E-state index in [2.05, 4.69) is 0 Å². The summed E-state index contributed by atoms with van der Waals surface area (Å²) in [6.07, 6.45) is 5.65. The molecular weight excluding hydrogens is 397 g/mol. The molecule has 5 nitrogen and oxygen atoms in total. The second-order valence-corrected chi connectivity index (χ2v) is 7.57. The van der Waals surface area contributed by atoms with Crippen LogP contribution in [0.3, 0.4) is 0 Å². The van der Waals surface area contributed by atoms with Gasteiger partial charge in [-0.15, -0.1) is 0 Å². The third-order valence-corrected chi connectivity index (χ3v) is 5.26. The summed E-state index contributed by atoms with van der Waals surface area (Å²) >= 11 is 0. The summed E-state index contributed by atoms with van der Waals surface area (Å²) in [7, 11) is 0. The number of benzene rings is 2. The zero-order valence-corrected chi connectivity index (χ0v) is 17.3. The van der Waals surface area contributed by atoms with Gasteiger partial charge in [0.25, 0.3) is 5.56 Å². The molecule has 162 valence electrons. The van der Waals surface area contributed by atoms with E-state index in [1.54, 1.807) is 29.0 Å². The summed E-state index contributed by atoms with van der Waals surface area (Å²) in [6.45, 7) is 1.67. The van der Waals surface area contributed by atoms with Crippen molar-refractivity contribution in [2.24, 2.45) is 0 Å². The minimum absolute atomic E-state index is 0.0737. The number of hydrogen-bond acceptors (Lipinski definition) is 4. The Morgan fingerprint density at radius 1 is 1.00 bits per heavy atom. The maximum atomic E-state index is 13.0. The number of pyridine rings is 1. The monoisotopic (exact) mass is 423 g/mol. The van der Waals surface area contributed by atoms with Crippen LogP contribution in [0.5, 0.6) is 5.75 Å². The van der Waals surface area contributed by atoms with Crippen molar-refractivity contribution in [2.75, 3.05) is 13.2 Å². The molecule has 1 aromatic heterocycles. The molecule has 0 aliphatic carbocycles. The number of nitrogens with zero attached hydrogens (tertiary/aromatic N) is 1.